The quantitative estimate of drug-likeness (QED) is 0.865. The molecule has 3 atom stereocenters. The van der Waals surface area contributed by atoms with Gasteiger partial charge < -0.3 is 5.73 Å². The van der Waals surface area contributed by atoms with E-state index >= 15 is 0 Å². The predicted molar refractivity (Wildman–Crippen MR) is 70.9 cm³/mol. The van der Waals surface area contributed by atoms with Crippen molar-refractivity contribution in [3.05, 3.63) is 12.2 Å². The molecule has 0 aliphatic heterocycles. The molecule has 0 saturated heterocycles. The molecule has 3 unspecified atom stereocenters. The van der Waals surface area contributed by atoms with Crippen LogP contribution in [0.3, 0.4) is 0 Å². The minimum absolute atomic E-state index is 0.271. The Morgan fingerprint density at radius 1 is 1.33 bits per heavy atom. The highest BCUT2D eigenvalue weighted by molar-refractivity contribution is 5.01. The first kappa shape index (κ1) is 12.2. The monoisotopic (exact) mass is 248 g/mol. The molecular weight excluding hydrogens is 224 g/mol. The zero-order valence-electron chi connectivity index (χ0n) is 11.4. The first-order chi connectivity index (χ1) is 8.63. The van der Waals surface area contributed by atoms with Gasteiger partial charge in [-0.05, 0) is 42.9 Å². The van der Waals surface area contributed by atoms with Crippen molar-refractivity contribution in [3.63, 3.8) is 0 Å². The van der Waals surface area contributed by atoms with E-state index in [2.05, 4.69) is 23.9 Å². The minimum Gasteiger partial charge on any atom is -0.327 e. The Labute approximate surface area is 109 Å². The van der Waals surface area contributed by atoms with Crippen molar-refractivity contribution in [3.8, 4) is 0 Å². The van der Waals surface area contributed by atoms with Crippen molar-refractivity contribution in [2.24, 2.45) is 29.4 Å². The van der Waals surface area contributed by atoms with Crippen molar-refractivity contribution in [2.45, 2.75) is 52.1 Å². The van der Waals surface area contributed by atoms with Crippen LogP contribution in [-0.4, -0.2) is 20.8 Å². The maximum Gasteiger partial charge on any atom is 0.138 e. The summed E-state index contributed by atoms with van der Waals surface area (Å²) in [5.41, 5.74) is 6.37. The highest BCUT2D eigenvalue weighted by Crippen LogP contribution is 2.55. The second kappa shape index (κ2) is 4.65. The van der Waals surface area contributed by atoms with E-state index in [-0.39, 0.29) is 6.04 Å². The number of hydrogen-bond donors (Lipinski definition) is 1. The molecule has 3 rings (SSSR count). The molecule has 2 aliphatic carbocycles. The van der Waals surface area contributed by atoms with Gasteiger partial charge >= 0.3 is 0 Å². The van der Waals surface area contributed by atoms with E-state index in [4.69, 9.17) is 5.73 Å². The molecule has 2 N–H and O–H groups in total. The van der Waals surface area contributed by atoms with Crippen LogP contribution < -0.4 is 5.73 Å². The second-order valence-electron chi connectivity index (χ2n) is 6.61. The average molecular weight is 248 g/mol. The lowest BCUT2D eigenvalue weighted by atomic mass is 9.92. The van der Waals surface area contributed by atoms with Gasteiger partial charge in [-0.15, -0.1) is 0 Å². The van der Waals surface area contributed by atoms with Gasteiger partial charge in [0.15, 0.2) is 0 Å². The predicted octanol–water partition coefficient (Wildman–Crippen LogP) is 1.85. The summed E-state index contributed by atoms with van der Waals surface area (Å²) in [6.45, 7) is 5.35. The Kier molecular flexibility index (Phi) is 3.14. The Morgan fingerprint density at radius 3 is 2.72 bits per heavy atom. The summed E-state index contributed by atoms with van der Waals surface area (Å²) in [7, 11) is 0. The van der Waals surface area contributed by atoms with Gasteiger partial charge in [0.25, 0.3) is 0 Å². The summed E-state index contributed by atoms with van der Waals surface area (Å²) >= 11 is 0. The molecule has 1 heterocycles. The Morgan fingerprint density at radius 2 is 2.06 bits per heavy atom. The van der Waals surface area contributed by atoms with Crippen molar-refractivity contribution in [2.75, 3.05) is 0 Å². The van der Waals surface area contributed by atoms with Crippen LogP contribution in [0.4, 0.5) is 0 Å². The van der Waals surface area contributed by atoms with Gasteiger partial charge in [0.1, 0.15) is 12.2 Å². The Bertz CT molecular complexity index is 402. The standard InChI is InChI=1S/C14H24N4/c1-9(2)7-18-14(16-8-17-18)6-13(15)12-4-10-3-11(10)5-12/h8-13H,3-7,15H2,1-2H3. The summed E-state index contributed by atoms with van der Waals surface area (Å²) in [6.07, 6.45) is 6.72. The van der Waals surface area contributed by atoms with E-state index in [1.165, 1.54) is 19.3 Å². The molecule has 4 nitrogen and oxygen atoms in total. The van der Waals surface area contributed by atoms with Gasteiger partial charge in [-0.25, -0.2) is 9.67 Å². The Balaban J connectivity index is 1.59. The molecule has 0 radical (unpaired) electrons. The fourth-order valence-corrected chi connectivity index (χ4v) is 3.43. The third kappa shape index (κ3) is 2.44. The van der Waals surface area contributed by atoms with E-state index in [1.54, 1.807) is 6.33 Å². The molecular formula is C14H24N4. The fourth-order valence-electron chi connectivity index (χ4n) is 3.43. The number of hydrogen-bond acceptors (Lipinski definition) is 3. The lowest BCUT2D eigenvalue weighted by molar-refractivity contribution is 0.376. The molecule has 2 aliphatic rings. The molecule has 1 aromatic rings. The summed E-state index contributed by atoms with van der Waals surface area (Å²) in [6, 6.07) is 0.271. The van der Waals surface area contributed by atoms with Gasteiger partial charge in [-0.2, -0.15) is 5.10 Å². The van der Waals surface area contributed by atoms with Crippen LogP contribution in [0.15, 0.2) is 6.33 Å². The molecule has 2 saturated carbocycles. The van der Waals surface area contributed by atoms with E-state index < -0.39 is 0 Å². The molecule has 0 amide bonds. The van der Waals surface area contributed by atoms with Gasteiger partial charge in [0.2, 0.25) is 0 Å². The first-order valence-electron chi connectivity index (χ1n) is 7.25. The summed E-state index contributed by atoms with van der Waals surface area (Å²) in [5, 5.41) is 4.31. The minimum atomic E-state index is 0.271. The molecule has 4 heteroatoms. The summed E-state index contributed by atoms with van der Waals surface area (Å²) in [4.78, 5) is 4.38. The summed E-state index contributed by atoms with van der Waals surface area (Å²) < 4.78 is 2.03. The van der Waals surface area contributed by atoms with Crippen LogP contribution in [0.2, 0.25) is 0 Å². The van der Waals surface area contributed by atoms with Crippen molar-refractivity contribution in [1.82, 2.24) is 14.8 Å². The van der Waals surface area contributed by atoms with E-state index in [0.29, 0.717) is 5.92 Å². The zero-order valence-corrected chi connectivity index (χ0v) is 11.4. The lowest BCUT2D eigenvalue weighted by Gasteiger charge is -2.20. The average Bonchev–Trinajstić information content (AvgIpc) is 2.73. The number of fused-ring (bicyclic) bond motifs is 1. The normalized spacial score (nSPS) is 31.7. The van der Waals surface area contributed by atoms with E-state index in [0.717, 1.165) is 36.5 Å². The van der Waals surface area contributed by atoms with Gasteiger partial charge in [0.05, 0.1) is 0 Å². The highest BCUT2D eigenvalue weighted by Gasteiger charge is 2.47. The molecule has 2 fully saturated rings. The van der Waals surface area contributed by atoms with Gasteiger partial charge in [-0.3, -0.25) is 0 Å². The number of rotatable bonds is 5. The van der Waals surface area contributed by atoms with Crippen molar-refractivity contribution < 1.29 is 0 Å². The fraction of sp³-hybridized carbons (Fsp3) is 0.857. The van der Waals surface area contributed by atoms with Gasteiger partial charge in [-0.1, -0.05) is 13.8 Å². The molecule has 1 aromatic heterocycles. The number of nitrogens with zero attached hydrogens (tertiary/aromatic N) is 3. The SMILES string of the molecule is CC(C)Cn1ncnc1CC(N)C1CC2CC2C1. The molecule has 100 valence electrons. The summed E-state index contributed by atoms with van der Waals surface area (Å²) in [5.74, 6) is 4.40. The maximum absolute atomic E-state index is 6.37. The Hall–Kier alpha value is -0.900. The molecule has 0 aromatic carbocycles. The van der Waals surface area contributed by atoms with Crippen molar-refractivity contribution in [1.29, 1.82) is 0 Å². The largest absolute Gasteiger partial charge is 0.327 e. The van der Waals surface area contributed by atoms with Crippen LogP contribution in [0, 0.1) is 23.7 Å². The third-order valence-corrected chi connectivity index (χ3v) is 4.54. The van der Waals surface area contributed by atoms with Crippen LogP contribution >= 0.6 is 0 Å². The maximum atomic E-state index is 6.37. The number of aromatic nitrogens is 3. The molecule has 0 bridgehead atoms. The van der Waals surface area contributed by atoms with Crippen LogP contribution in [0.1, 0.15) is 38.9 Å². The molecule has 18 heavy (non-hydrogen) atoms. The topological polar surface area (TPSA) is 56.7 Å². The van der Waals surface area contributed by atoms with Crippen LogP contribution in [0.25, 0.3) is 0 Å². The zero-order chi connectivity index (χ0) is 12.7. The van der Waals surface area contributed by atoms with Crippen molar-refractivity contribution >= 4 is 0 Å². The lowest BCUT2D eigenvalue weighted by Crippen LogP contribution is -2.33. The van der Waals surface area contributed by atoms with Crippen LogP contribution in [0.5, 0.6) is 0 Å². The molecule has 0 spiro atoms. The first-order valence-corrected chi connectivity index (χ1v) is 7.25. The van der Waals surface area contributed by atoms with E-state index in [1.807, 2.05) is 4.68 Å². The number of nitrogens with two attached hydrogens (primary N) is 1. The van der Waals surface area contributed by atoms with Gasteiger partial charge in [0, 0.05) is 19.0 Å². The van der Waals surface area contributed by atoms with E-state index in [9.17, 15) is 0 Å². The third-order valence-electron chi connectivity index (χ3n) is 4.54. The smallest absolute Gasteiger partial charge is 0.138 e. The second-order valence-corrected chi connectivity index (χ2v) is 6.61. The highest BCUT2D eigenvalue weighted by atomic mass is 15.3. The van der Waals surface area contributed by atoms with Crippen LogP contribution in [-0.2, 0) is 13.0 Å².